The first-order chi connectivity index (χ1) is 13.6. The summed E-state index contributed by atoms with van der Waals surface area (Å²) in [5, 5.41) is 16.0. The van der Waals surface area contributed by atoms with Gasteiger partial charge in [-0.2, -0.15) is 0 Å². The lowest BCUT2D eigenvalue weighted by Gasteiger charge is -2.23. The minimum atomic E-state index is -0.171. The number of methoxy groups -OCH3 is 1. The van der Waals surface area contributed by atoms with E-state index in [9.17, 15) is 9.90 Å². The van der Waals surface area contributed by atoms with Crippen LogP contribution in [0.1, 0.15) is 0 Å². The third-order valence-electron chi connectivity index (χ3n) is 4.22. The maximum absolute atomic E-state index is 12.4. The lowest BCUT2D eigenvalue weighted by Crippen LogP contribution is -2.23. The molecule has 3 aromatic rings. The Morgan fingerprint density at radius 2 is 1.89 bits per heavy atom. The lowest BCUT2D eigenvalue weighted by atomic mass is 10.2. The van der Waals surface area contributed by atoms with Crippen LogP contribution in [0, 0.1) is 0 Å². The van der Waals surface area contributed by atoms with Gasteiger partial charge in [0.2, 0.25) is 5.91 Å². The van der Waals surface area contributed by atoms with Crippen LogP contribution in [0.15, 0.2) is 67.0 Å². The van der Waals surface area contributed by atoms with E-state index in [4.69, 9.17) is 4.74 Å². The summed E-state index contributed by atoms with van der Waals surface area (Å²) >= 11 is 0. The van der Waals surface area contributed by atoms with Gasteiger partial charge in [0.15, 0.2) is 11.5 Å². The first-order valence-corrected chi connectivity index (χ1v) is 8.72. The van der Waals surface area contributed by atoms with E-state index in [2.05, 4.69) is 15.6 Å². The van der Waals surface area contributed by atoms with Crippen LogP contribution in [0.4, 0.5) is 22.7 Å². The van der Waals surface area contributed by atoms with Gasteiger partial charge in [-0.05, 0) is 36.4 Å². The molecule has 3 N–H and O–H groups in total. The van der Waals surface area contributed by atoms with Crippen molar-refractivity contribution in [1.29, 1.82) is 0 Å². The fourth-order valence-electron chi connectivity index (χ4n) is 2.74. The monoisotopic (exact) mass is 378 g/mol. The van der Waals surface area contributed by atoms with E-state index in [1.54, 1.807) is 36.7 Å². The molecule has 0 radical (unpaired) electrons. The summed E-state index contributed by atoms with van der Waals surface area (Å²) in [5.74, 6) is 0.283. The zero-order valence-corrected chi connectivity index (χ0v) is 15.7. The van der Waals surface area contributed by atoms with Crippen molar-refractivity contribution in [2.75, 3.05) is 36.2 Å². The van der Waals surface area contributed by atoms with E-state index >= 15 is 0 Å². The van der Waals surface area contributed by atoms with Crippen molar-refractivity contribution in [3.8, 4) is 11.5 Å². The summed E-state index contributed by atoms with van der Waals surface area (Å²) in [6.07, 6.45) is 3.32. The Bertz CT molecular complexity index is 947. The van der Waals surface area contributed by atoms with Crippen LogP contribution in [-0.2, 0) is 4.79 Å². The molecule has 0 bridgehead atoms. The summed E-state index contributed by atoms with van der Waals surface area (Å²) in [4.78, 5) is 18.2. The number of carbonyl (C=O) groups is 1. The number of anilines is 4. The molecular weight excluding hydrogens is 356 g/mol. The van der Waals surface area contributed by atoms with Crippen LogP contribution in [0.3, 0.4) is 0 Å². The van der Waals surface area contributed by atoms with Crippen molar-refractivity contribution < 1.29 is 14.6 Å². The molecule has 3 rings (SSSR count). The number of pyridine rings is 1. The molecule has 0 aliphatic heterocycles. The van der Waals surface area contributed by atoms with Crippen LogP contribution < -0.4 is 20.3 Å². The number of amides is 1. The van der Waals surface area contributed by atoms with Crippen LogP contribution in [0.25, 0.3) is 0 Å². The summed E-state index contributed by atoms with van der Waals surface area (Å²) in [7, 11) is 3.37. The summed E-state index contributed by atoms with van der Waals surface area (Å²) in [5.41, 5.74) is 3.05. The van der Waals surface area contributed by atoms with Crippen molar-refractivity contribution in [1.82, 2.24) is 4.98 Å². The third kappa shape index (κ3) is 4.50. The molecule has 1 aromatic heterocycles. The minimum absolute atomic E-state index is 0.0508. The topological polar surface area (TPSA) is 86.7 Å². The molecule has 0 atom stereocenters. The predicted octanol–water partition coefficient (Wildman–Crippen LogP) is 3.61. The number of hydrogen-bond acceptors (Lipinski definition) is 6. The van der Waals surface area contributed by atoms with E-state index in [0.717, 1.165) is 17.1 Å². The van der Waals surface area contributed by atoms with Gasteiger partial charge in [0, 0.05) is 36.9 Å². The second-order valence-electron chi connectivity index (χ2n) is 6.07. The number of rotatable bonds is 7. The molecule has 1 amide bonds. The van der Waals surface area contributed by atoms with Crippen molar-refractivity contribution >= 4 is 28.7 Å². The largest absolute Gasteiger partial charge is 0.504 e. The normalized spacial score (nSPS) is 10.2. The van der Waals surface area contributed by atoms with Gasteiger partial charge >= 0.3 is 0 Å². The number of para-hydroxylation sites is 2. The molecule has 0 unspecified atom stereocenters. The fraction of sp³-hybridized carbons (Fsp3) is 0.143. The van der Waals surface area contributed by atoms with Crippen LogP contribution >= 0.6 is 0 Å². The second kappa shape index (κ2) is 8.77. The minimum Gasteiger partial charge on any atom is -0.504 e. The van der Waals surface area contributed by atoms with Gasteiger partial charge < -0.3 is 25.4 Å². The highest BCUT2D eigenvalue weighted by Gasteiger charge is 2.13. The molecule has 0 saturated carbocycles. The van der Waals surface area contributed by atoms with Crippen LogP contribution in [0.2, 0.25) is 0 Å². The molecule has 0 aliphatic carbocycles. The predicted molar refractivity (Wildman–Crippen MR) is 111 cm³/mol. The van der Waals surface area contributed by atoms with Gasteiger partial charge in [0.05, 0.1) is 25.0 Å². The molecule has 7 nitrogen and oxygen atoms in total. The van der Waals surface area contributed by atoms with Crippen molar-refractivity contribution in [2.45, 2.75) is 0 Å². The highest BCUT2D eigenvalue weighted by Crippen LogP contribution is 2.35. The number of benzene rings is 2. The quantitative estimate of drug-likeness (QED) is 0.582. The number of phenols is 1. The third-order valence-corrected chi connectivity index (χ3v) is 4.22. The van der Waals surface area contributed by atoms with E-state index in [1.165, 1.54) is 7.11 Å². The number of nitrogens with zero attached hydrogens (tertiary/aromatic N) is 2. The van der Waals surface area contributed by atoms with Gasteiger partial charge in [-0.1, -0.05) is 12.1 Å². The van der Waals surface area contributed by atoms with E-state index in [1.807, 2.05) is 42.3 Å². The van der Waals surface area contributed by atoms with E-state index in [0.29, 0.717) is 11.4 Å². The summed E-state index contributed by atoms with van der Waals surface area (Å²) < 4.78 is 5.09. The first-order valence-electron chi connectivity index (χ1n) is 8.72. The van der Waals surface area contributed by atoms with Gasteiger partial charge in [0.25, 0.3) is 0 Å². The van der Waals surface area contributed by atoms with Crippen molar-refractivity contribution in [3.05, 3.63) is 67.0 Å². The maximum atomic E-state index is 12.4. The average molecular weight is 378 g/mol. The molecule has 28 heavy (non-hydrogen) atoms. The van der Waals surface area contributed by atoms with Gasteiger partial charge in [-0.25, -0.2) is 0 Å². The lowest BCUT2D eigenvalue weighted by molar-refractivity contribution is -0.114. The number of nitrogens with one attached hydrogen (secondary N) is 2. The van der Waals surface area contributed by atoms with E-state index in [-0.39, 0.29) is 18.2 Å². The molecule has 7 heteroatoms. The number of carbonyl (C=O) groups excluding carboxylic acids is 1. The number of aromatic nitrogens is 1. The smallest absolute Gasteiger partial charge is 0.243 e. The standard InChI is InChI=1S/C21H22N4O3/c1-25(16-7-8-20(28-2)19(26)13-16)18-6-4-3-5-17(18)24-21(27)14-23-15-9-11-22-12-10-15/h3-13,26H,14H2,1-2H3,(H,22,23)(H,24,27). The Hall–Kier alpha value is -3.74. The Kier molecular flexibility index (Phi) is 5.96. The average Bonchev–Trinajstić information content (AvgIpc) is 2.73. The number of ether oxygens (including phenoxy) is 1. The van der Waals surface area contributed by atoms with Gasteiger partial charge in [-0.3, -0.25) is 9.78 Å². The summed E-state index contributed by atoms with van der Waals surface area (Å²) in [6, 6.07) is 16.2. The number of phenolic OH excluding ortho intramolecular Hbond substituents is 1. The Morgan fingerprint density at radius 1 is 1.14 bits per heavy atom. The molecular formula is C21H22N4O3. The Morgan fingerprint density at radius 3 is 2.61 bits per heavy atom. The highest BCUT2D eigenvalue weighted by atomic mass is 16.5. The molecule has 144 valence electrons. The Labute approximate surface area is 163 Å². The molecule has 1 heterocycles. The number of hydrogen-bond donors (Lipinski definition) is 3. The molecule has 0 saturated heterocycles. The zero-order chi connectivity index (χ0) is 19.9. The molecule has 0 fully saturated rings. The Balaban J connectivity index is 1.73. The second-order valence-corrected chi connectivity index (χ2v) is 6.07. The summed E-state index contributed by atoms with van der Waals surface area (Å²) in [6.45, 7) is 0.130. The van der Waals surface area contributed by atoms with Gasteiger partial charge in [-0.15, -0.1) is 0 Å². The number of aromatic hydroxyl groups is 1. The van der Waals surface area contributed by atoms with Crippen molar-refractivity contribution in [2.24, 2.45) is 0 Å². The highest BCUT2D eigenvalue weighted by molar-refractivity contribution is 5.97. The first kappa shape index (κ1) is 19.0. The van der Waals surface area contributed by atoms with Gasteiger partial charge in [0.1, 0.15) is 0 Å². The fourth-order valence-corrected chi connectivity index (χ4v) is 2.74. The van der Waals surface area contributed by atoms with Crippen molar-refractivity contribution in [3.63, 3.8) is 0 Å². The SMILES string of the molecule is COc1ccc(N(C)c2ccccc2NC(=O)CNc2ccncc2)cc1O. The van der Waals surface area contributed by atoms with Crippen LogP contribution in [-0.4, -0.2) is 36.7 Å². The van der Waals surface area contributed by atoms with Crippen LogP contribution in [0.5, 0.6) is 11.5 Å². The maximum Gasteiger partial charge on any atom is 0.243 e. The molecule has 0 aliphatic rings. The molecule has 2 aromatic carbocycles. The van der Waals surface area contributed by atoms with E-state index < -0.39 is 0 Å². The zero-order valence-electron chi connectivity index (χ0n) is 15.7. The molecule has 0 spiro atoms.